The summed E-state index contributed by atoms with van der Waals surface area (Å²) in [5.41, 5.74) is 10.3. The molecular weight excluding hydrogens is 310 g/mol. The van der Waals surface area contributed by atoms with Crippen LogP contribution in [0.5, 0.6) is 0 Å². The fourth-order valence-electron chi connectivity index (χ4n) is 3.84. The molecule has 1 aliphatic heterocycles. The van der Waals surface area contributed by atoms with Gasteiger partial charge in [-0.3, -0.25) is 10.6 Å². The second-order valence-corrected chi connectivity index (χ2v) is 7.12. The van der Waals surface area contributed by atoms with Crippen LogP contribution in [0.15, 0.2) is 48.5 Å². The van der Waals surface area contributed by atoms with Crippen molar-refractivity contribution in [3.05, 3.63) is 65.2 Å². The molecule has 3 rings (SSSR count). The third-order valence-corrected chi connectivity index (χ3v) is 5.07. The highest BCUT2D eigenvalue weighted by atomic mass is 16.3. The van der Waals surface area contributed by atoms with Crippen molar-refractivity contribution >= 4 is 5.69 Å². The first-order chi connectivity index (χ1) is 12.1. The van der Waals surface area contributed by atoms with Gasteiger partial charge in [-0.15, -0.1) is 0 Å². The van der Waals surface area contributed by atoms with Crippen LogP contribution in [0.1, 0.15) is 29.5 Å². The molecule has 1 aliphatic rings. The van der Waals surface area contributed by atoms with Crippen molar-refractivity contribution in [2.45, 2.75) is 39.1 Å². The lowest BCUT2D eigenvalue weighted by Crippen LogP contribution is -2.36. The molecular formula is C21H29N3O. The molecule has 1 saturated heterocycles. The average Bonchev–Trinajstić information content (AvgIpc) is 2.59. The summed E-state index contributed by atoms with van der Waals surface area (Å²) in [5, 5.41) is 12.4. The maximum absolute atomic E-state index is 9.49. The van der Waals surface area contributed by atoms with Crippen molar-refractivity contribution < 1.29 is 5.11 Å². The zero-order chi connectivity index (χ0) is 17.6. The number of nitrogens with two attached hydrogens (primary N) is 1. The molecule has 4 heteroatoms. The van der Waals surface area contributed by atoms with Gasteiger partial charge in [0.25, 0.3) is 0 Å². The van der Waals surface area contributed by atoms with Crippen LogP contribution in [0.25, 0.3) is 0 Å². The van der Waals surface area contributed by atoms with Gasteiger partial charge in [0.2, 0.25) is 0 Å². The highest BCUT2D eigenvalue weighted by Gasteiger charge is 2.21. The topological polar surface area (TPSA) is 61.5 Å². The van der Waals surface area contributed by atoms with E-state index in [1.54, 1.807) is 0 Å². The zero-order valence-corrected chi connectivity index (χ0v) is 15.0. The molecule has 1 heterocycles. The number of likely N-dealkylation sites (tertiary alicyclic amines) is 1. The Balaban J connectivity index is 1.67. The molecule has 2 atom stereocenters. The van der Waals surface area contributed by atoms with Crippen LogP contribution in [-0.2, 0) is 13.0 Å². The summed E-state index contributed by atoms with van der Waals surface area (Å²) in [6.07, 6.45) is 2.66. The van der Waals surface area contributed by atoms with E-state index in [4.69, 9.17) is 5.73 Å². The third kappa shape index (κ3) is 5.05. The Morgan fingerprint density at radius 2 is 2.00 bits per heavy atom. The van der Waals surface area contributed by atoms with E-state index in [9.17, 15) is 5.11 Å². The molecule has 0 amide bonds. The summed E-state index contributed by atoms with van der Waals surface area (Å²) in [6, 6.07) is 16.9. The highest BCUT2D eigenvalue weighted by Crippen LogP contribution is 2.26. The minimum Gasteiger partial charge on any atom is -0.361 e. The summed E-state index contributed by atoms with van der Waals surface area (Å²) in [6.45, 7) is 5.26. The molecule has 0 aromatic heterocycles. The maximum Gasteiger partial charge on any atom is 0.178 e. The molecule has 1 fully saturated rings. The van der Waals surface area contributed by atoms with Gasteiger partial charge in [0.15, 0.2) is 6.35 Å². The van der Waals surface area contributed by atoms with E-state index >= 15 is 0 Å². The van der Waals surface area contributed by atoms with Crippen molar-refractivity contribution in [2.75, 3.05) is 18.4 Å². The minimum absolute atomic E-state index is 0.705. The first-order valence-corrected chi connectivity index (χ1v) is 9.17. The van der Waals surface area contributed by atoms with Crippen molar-refractivity contribution in [1.29, 1.82) is 0 Å². The van der Waals surface area contributed by atoms with Gasteiger partial charge in [0, 0.05) is 18.8 Å². The molecule has 134 valence electrons. The van der Waals surface area contributed by atoms with Crippen LogP contribution < -0.4 is 11.1 Å². The Morgan fingerprint density at radius 1 is 1.20 bits per heavy atom. The molecule has 4 N–H and O–H groups in total. The largest absolute Gasteiger partial charge is 0.361 e. The Morgan fingerprint density at radius 3 is 2.76 bits per heavy atom. The number of aliphatic hydroxyl groups excluding tert-OH is 1. The van der Waals surface area contributed by atoms with Gasteiger partial charge in [-0.2, -0.15) is 0 Å². The predicted octanol–water partition coefficient (Wildman–Crippen LogP) is 3.10. The van der Waals surface area contributed by atoms with E-state index in [0.29, 0.717) is 5.92 Å². The van der Waals surface area contributed by atoms with Crippen LogP contribution in [0.3, 0.4) is 0 Å². The number of piperidine rings is 1. The second-order valence-electron chi connectivity index (χ2n) is 7.12. The quantitative estimate of drug-likeness (QED) is 0.708. The van der Waals surface area contributed by atoms with Crippen molar-refractivity contribution in [3.63, 3.8) is 0 Å². The molecule has 2 unspecified atom stereocenters. The number of aryl methyl sites for hydroxylation is 1. The average molecular weight is 339 g/mol. The molecule has 0 aliphatic carbocycles. The van der Waals surface area contributed by atoms with Gasteiger partial charge < -0.3 is 10.4 Å². The summed E-state index contributed by atoms with van der Waals surface area (Å²) in [4.78, 5) is 2.54. The lowest BCUT2D eigenvalue weighted by molar-refractivity contribution is 0.166. The van der Waals surface area contributed by atoms with Crippen molar-refractivity contribution in [3.8, 4) is 0 Å². The van der Waals surface area contributed by atoms with Gasteiger partial charge in [0.1, 0.15) is 0 Å². The standard InChI is InChI=1S/C21H29N3O/c1-16-7-5-11-20(23-21(22)25)19(16)15-24-12-6-10-18(14-24)13-17-8-3-2-4-9-17/h2-5,7-9,11,18,21,23,25H,6,10,12-15,22H2,1H3. The van der Waals surface area contributed by atoms with Crippen molar-refractivity contribution in [2.24, 2.45) is 11.7 Å². The van der Waals surface area contributed by atoms with Gasteiger partial charge in [0.05, 0.1) is 0 Å². The molecule has 0 spiro atoms. The monoisotopic (exact) mass is 339 g/mol. The number of hydrogen-bond donors (Lipinski definition) is 3. The van der Waals surface area contributed by atoms with E-state index in [2.05, 4.69) is 53.5 Å². The molecule has 0 saturated carbocycles. The van der Waals surface area contributed by atoms with Crippen LogP contribution in [0.2, 0.25) is 0 Å². The Labute approximate surface area is 150 Å². The van der Waals surface area contributed by atoms with Crippen molar-refractivity contribution in [1.82, 2.24) is 4.90 Å². The van der Waals surface area contributed by atoms with E-state index in [0.717, 1.165) is 31.7 Å². The number of benzene rings is 2. The molecule has 0 bridgehead atoms. The number of anilines is 1. The highest BCUT2D eigenvalue weighted by molar-refractivity contribution is 5.54. The van der Waals surface area contributed by atoms with Crippen LogP contribution >= 0.6 is 0 Å². The lowest BCUT2D eigenvalue weighted by Gasteiger charge is -2.34. The van der Waals surface area contributed by atoms with Gasteiger partial charge in [-0.25, -0.2) is 0 Å². The number of rotatable bonds is 6. The first-order valence-electron chi connectivity index (χ1n) is 9.17. The normalized spacial score (nSPS) is 19.6. The minimum atomic E-state index is -1.03. The smallest absolute Gasteiger partial charge is 0.178 e. The number of hydrogen-bond acceptors (Lipinski definition) is 4. The zero-order valence-electron chi connectivity index (χ0n) is 15.0. The van der Waals surface area contributed by atoms with Gasteiger partial charge in [-0.05, 0) is 61.4 Å². The summed E-state index contributed by atoms with van der Waals surface area (Å²) < 4.78 is 0. The van der Waals surface area contributed by atoms with E-state index < -0.39 is 6.35 Å². The summed E-state index contributed by atoms with van der Waals surface area (Å²) >= 11 is 0. The molecule has 4 nitrogen and oxygen atoms in total. The Bertz CT molecular complexity index is 672. The molecule has 0 radical (unpaired) electrons. The summed E-state index contributed by atoms with van der Waals surface area (Å²) in [7, 11) is 0. The SMILES string of the molecule is Cc1cccc(NC(N)O)c1CN1CCCC(Cc2ccccc2)C1. The number of nitrogens with zero attached hydrogens (tertiary/aromatic N) is 1. The van der Waals surface area contributed by atoms with Crippen LogP contribution in [-0.4, -0.2) is 29.4 Å². The maximum atomic E-state index is 9.49. The summed E-state index contributed by atoms with van der Waals surface area (Å²) in [5.74, 6) is 0.705. The second kappa shape index (κ2) is 8.48. The Hall–Kier alpha value is -1.88. The first kappa shape index (κ1) is 17.9. The van der Waals surface area contributed by atoms with Crippen LogP contribution in [0, 0.1) is 12.8 Å². The molecule has 25 heavy (non-hydrogen) atoms. The van der Waals surface area contributed by atoms with Gasteiger partial charge >= 0.3 is 0 Å². The number of nitrogens with one attached hydrogen (secondary N) is 1. The van der Waals surface area contributed by atoms with Crippen LogP contribution in [0.4, 0.5) is 5.69 Å². The fraction of sp³-hybridized carbons (Fsp3) is 0.429. The lowest BCUT2D eigenvalue weighted by atomic mass is 9.91. The fourth-order valence-corrected chi connectivity index (χ4v) is 3.84. The molecule has 2 aromatic rings. The van der Waals surface area contributed by atoms with E-state index in [1.807, 2.05) is 12.1 Å². The van der Waals surface area contributed by atoms with E-state index in [1.165, 1.54) is 29.5 Å². The predicted molar refractivity (Wildman–Crippen MR) is 103 cm³/mol. The number of aliphatic hydroxyl groups is 1. The molecule has 2 aromatic carbocycles. The Kier molecular flexibility index (Phi) is 6.08. The third-order valence-electron chi connectivity index (χ3n) is 5.07. The van der Waals surface area contributed by atoms with Gasteiger partial charge in [-0.1, -0.05) is 42.5 Å². The van der Waals surface area contributed by atoms with E-state index in [-0.39, 0.29) is 0 Å².